The van der Waals surface area contributed by atoms with Gasteiger partial charge in [0.25, 0.3) is 0 Å². The van der Waals surface area contributed by atoms with E-state index in [-0.39, 0.29) is 5.92 Å². The van der Waals surface area contributed by atoms with Gasteiger partial charge in [0, 0.05) is 32.8 Å². The number of hydrogen-bond acceptors (Lipinski definition) is 6. The van der Waals surface area contributed by atoms with Gasteiger partial charge in [0.05, 0.1) is 18.5 Å². The molecule has 0 radical (unpaired) electrons. The summed E-state index contributed by atoms with van der Waals surface area (Å²) in [5.41, 5.74) is 6.43. The van der Waals surface area contributed by atoms with Gasteiger partial charge in [-0.3, -0.25) is 0 Å². The van der Waals surface area contributed by atoms with Crippen LogP contribution in [0.3, 0.4) is 0 Å². The summed E-state index contributed by atoms with van der Waals surface area (Å²) in [7, 11) is 1.68. The number of methoxy groups -OCH3 is 1. The van der Waals surface area contributed by atoms with Crippen LogP contribution in [-0.4, -0.2) is 43.5 Å². The predicted octanol–water partition coefficient (Wildman–Crippen LogP) is 1.49. The maximum atomic E-state index is 5.69. The van der Waals surface area contributed by atoms with Crippen LogP contribution in [0.15, 0.2) is 6.20 Å². The first-order chi connectivity index (χ1) is 9.69. The predicted molar refractivity (Wildman–Crippen MR) is 76.8 cm³/mol. The molecule has 0 saturated carbocycles. The zero-order valence-corrected chi connectivity index (χ0v) is 12.6. The first-order valence-electron chi connectivity index (χ1n) is 6.94. The molecule has 0 aliphatic heterocycles. The first-order valence-corrected chi connectivity index (χ1v) is 6.94. The monoisotopic (exact) mass is 283 g/mol. The van der Waals surface area contributed by atoms with Crippen LogP contribution < -0.4 is 10.5 Å². The van der Waals surface area contributed by atoms with Crippen molar-refractivity contribution in [3.05, 3.63) is 17.7 Å². The second-order valence-electron chi connectivity index (χ2n) is 4.71. The van der Waals surface area contributed by atoms with E-state index in [4.69, 9.17) is 19.9 Å². The summed E-state index contributed by atoms with van der Waals surface area (Å²) in [6.07, 6.45) is 2.58. The molecule has 0 atom stereocenters. The van der Waals surface area contributed by atoms with Crippen molar-refractivity contribution in [1.82, 2.24) is 9.97 Å². The van der Waals surface area contributed by atoms with Crippen molar-refractivity contribution >= 4 is 0 Å². The molecule has 1 heterocycles. The Hall–Kier alpha value is -1.24. The van der Waals surface area contributed by atoms with Gasteiger partial charge in [-0.1, -0.05) is 13.8 Å². The largest absolute Gasteiger partial charge is 0.488 e. The highest BCUT2D eigenvalue weighted by Gasteiger charge is 2.09. The van der Waals surface area contributed by atoms with Gasteiger partial charge < -0.3 is 19.9 Å². The number of rotatable bonds is 10. The molecule has 0 amide bonds. The van der Waals surface area contributed by atoms with E-state index in [9.17, 15) is 0 Å². The van der Waals surface area contributed by atoms with Crippen molar-refractivity contribution in [1.29, 1.82) is 0 Å². The second kappa shape index (κ2) is 9.63. The van der Waals surface area contributed by atoms with Crippen LogP contribution in [0.5, 0.6) is 5.75 Å². The fraction of sp³-hybridized carbons (Fsp3) is 0.714. The average Bonchev–Trinajstić information content (AvgIpc) is 2.46. The Kier molecular flexibility index (Phi) is 8.10. The molecule has 0 unspecified atom stereocenters. The summed E-state index contributed by atoms with van der Waals surface area (Å²) in [5.74, 6) is 1.70. The Labute approximate surface area is 120 Å². The van der Waals surface area contributed by atoms with E-state index in [0.29, 0.717) is 38.7 Å². The summed E-state index contributed by atoms with van der Waals surface area (Å²) >= 11 is 0. The summed E-state index contributed by atoms with van der Waals surface area (Å²) < 4.78 is 16.0. The van der Waals surface area contributed by atoms with E-state index in [1.165, 1.54) is 0 Å². The van der Waals surface area contributed by atoms with Gasteiger partial charge in [-0.25, -0.2) is 9.97 Å². The molecule has 1 aromatic rings. The van der Waals surface area contributed by atoms with Crippen LogP contribution in [0.2, 0.25) is 0 Å². The first kappa shape index (κ1) is 16.8. The molecule has 0 aromatic carbocycles. The zero-order chi connectivity index (χ0) is 14.8. The number of nitrogens with two attached hydrogens (primary N) is 1. The van der Waals surface area contributed by atoms with Crippen molar-refractivity contribution in [2.75, 3.05) is 33.5 Å². The van der Waals surface area contributed by atoms with E-state index >= 15 is 0 Å². The normalized spacial score (nSPS) is 11.1. The van der Waals surface area contributed by atoms with Gasteiger partial charge in [-0.2, -0.15) is 0 Å². The number of ether oxygens (including phenoxy) is 3. The maximum Gasteiger partial charge on any atom is 0.160 e. The van der Waals surface area contributed by atoms with Gasteiger partial charge in [-0.05, 0) is 6.42 Å². The summed E-state index contributed by atoms with van der Waals surface area (Å²) in [6.45, 7) is 6.80. The Balaban J connectivity index is 2.36. The van der Waals surface area contributed by atoms with Crippen LogP contribution in [-0.2, 0) is 16.0 Å². The fourth-order valence-electron chi connectivity index (χ4n) is 1.58. The summed E-state index contributed by atoms with van der Waals surface area (Å²) in [6, 6.07) is 0. The Morgan fingerprint density at radius 2 is 2.00 bits per heavy atom. The Morgan fingerprint density at radius 3 is 2.65 bits per heavy atom. The minimum atomic E-state index is 0.276. The molecule has 0 fully saturated rings. The zero-order valence-electron chi connectivity index (χ0n) is 12.6. The lowest BCUT2D eigenvalue weighted by atomic mass is 10.2. The molecule has 0 saturated heterocycles. The van der Waals surface area contributed by atoms with Gasteiger partial charge in [0.1, 0.15) is 12.4 Å². The van der Waals surface area contributed by atoms with Crippen LogP contribution in [0.25, 0.3) is 0 Å². The third kappa shape index (κ3) is 5.81. The fourth-order valence-corrected chi connectivity index (χ4v) is 1.58. The van der Waals surface area contributed by atoms with Crippen LogP contribution in [0.4, 0.5) is 0 Å². The van der Waals surface area contributed by atoms with Crippen molar-refractivity contribution in [2.24, 2.45) is 5.73 Å². The van der Waals surface area contributed by atoms with Crippen LogP contribution >= 0.6 is 0 Å². The van der Waals surface area contributed by atoms with Crippen LogP contribution in [0.1, 0.15) is 37.7 Å². The molecular formula is C14H25N3O3. The molecule has 20 heavy (non-hydrogen) atoms. The molecule has 6 nitrogen and oxygen atoms in total. The van der Waals surface area contributed by atoms with Crippen molar-refractivity contribution in [3.8, 4) is 5.75 Å². The molecule has 2 N–H and O–H groups in total. The smallest absolute Gasteiger partial charge is 0.160 e. The molecule has 114 valence electrons. The third-order valence-electron chi connectivity index (χ3n) is 2.68. The molecule has 1 rings (SSSR count). The minimum absolute atomic E-state index is 0.276. The highest BCUT2D eigenvalue weighted by Crippen LogP contribution is 2.17. The summed E-state index contributed by atoms with van der Waals surface area (Å²) in [4.78, 5) is 8.69. The van der Waals surface area contributed by atoms with E-state index in [1.54, 1.807) is 13.3 Å². The lowest BCUT2D eigenvalue weighted by Crippen LogP contribution is -2.13. The average molecular weight is 283 g/mol. The van der Waals surface area contributed by atoms with Crippen molar-refractivity contribution in [3.63, 3.8) is 0 Å². The summed E-state index contributed by atoms with van der Waals surface area (Å²) in [5, 5.41) is 0. The quantitative estimate of drug-likeness (QED) is 0.655. The Bertz CT molecular complexity index is 386. The lowest BCUT2D eigenvalue weighted by molar-refractivity contribution is 0.0802. The van der Waals surface area contributed by atoms with Crippen molar-refractivity contribution in [2.45, 2.75) is 32.7 Å². The SMILES string of the molecule is COCCCOCCOc1cnc(C(C)C)nc1CN. The highest BCUT2D eigenvalue weighted by molar-refractivity contribution is 5.25. The van der Waals surface area contributed by atoms with E-state index in [0.717, 1.165) is 17.9 Å². The number of aromatic nitrogens is 2. The molecular weight excluding hydrogens is 258 g/mol. The third-order valence-corrected chi connectivity index (χ3v) is 2.68. The maximum absolute atomic E-state index is 5.69. The van der Waals surface area contributed by atoms with E-state index in [1.807, 2.05) is 13.8 Å². The standard InChI is InChI=1S/C14H25N3O3/c1-11(2)14-16-10-13(12(9-15)17-14)20-8-7-19-6-4-5-18-3/h10-11H,4-9,15H2,1-3H3. The van der Waals surface area contributed by atoms with E-state index < -0.39 is 0 Å². The molecule has 6 heteroatoms. The van der Waals surface area contributed by atoms with Gasteiger partial charge in [0.2, 0.25) is 0 Å². The second-order valence-corrected chi connectivity index (χ2v) is 4.71. The number of hydrogen-bond donors (Lipinski definition) is 1. The van der Waals surface area contributed by atoms with Gasteiger partial charge >= 0.3 is 0 Å². The molecule has 0 aliphatic carbocycles. The van der Waals surface area contributed by atoms with Gasteiger partial charge in [0.15, 0.2) is 5.75 Å². The molecule has 0 spiro atoms. The molecule has 0 aliphatic rings. The number of nitrogens with zero attached hydrogens (tertiary/aromatic N) is 2. The van der Waals surface area contributed by atoms with Crippen molar-refractivity contribution < 1.29 is 14.2 Å². The topological polar surface area (TPSA) is 79.5 Å². The van der Waals surface area contributed by atoms with Crippen LogP contribution in [0, 0.1) is 0 Å². The molecule has 1 aromatic heterocycles. The Morgan fingerprint density at radius 1 is 1.20 bits per heavy atom. The van der Waals surface area contributed by atoms with E-state index in [2.05, 4.69) is 9.97 Å². The lowest BCUT2D eigenvalue weighted by Gasteiger charge is -2.12. The van der Waals surface area contributed by atoms with Gasteiger partial charge in [-0.15, -0.1) is 0 Å². The minimum Gasteiger partial charge on any atom is -0.488 e. The molecule has 0 bridgehead atoms. The highest BCUT2D eigenvalue weighted by atomic mass is 16.5.